The fourth-order valence-electron chi connectivity index (χ4n) is 1.79. The highest BCUT2D eigenvalue weighted by Crippen LogP contribution is 2.12. The monoisotopic (exact) mass is 213 g/mol. The van der Waals surface area contributed by atoms with Crippen molar-refractivity contribution in [2.45, 2.75) is 20.4 Å². The van der Waals surface area contributed by atoms with Gasteiger partial charge in [-0.15, -0.1) is 0 Å². The lowest BCUT2D eigenvalue weighted by Crippen LogP contribution is -1.99. The maximum atomic E-state index is 10.6. The summed E-state index contributed by atoms with van der Waals surface area (Å²) in [5.74, 6) is 0. The van der Waals surface area contributed by atoms with E-state index in [4.69, 9.17) is 0 Å². The molecule has 0 saturated heterocycles. The first-order valence-electron chi connectivity index (χ1n) is 5.36. The van der Waals surface area contributed by atoms with Crippen molar-refractivity contribution in [2.24, 2.45) is 0 Å². The van der Waals surface area contributed by atoms with Crippen molar-refractivity contribution in [1.29, 1.82) is 0 Å². The van der Waals surface area contributed by atoms with Crippen LogP contribution in [-0.4, -0.2) is 10.9 Å². The van der Waals surface area contributed by atoms with Gasteiger partial charge in [0.1, 0.15) is 0 Å². The van der Waals surface area contributed by atoms with E-state index in [1.165, 1.54) is 16.7 Å². The summed E-state index contributed by atoms with van der Waals surface area (Å²) in [7, 11) is 0. The number of rotatable bonds is 3. The lowest BCUT2D eigenvalue weighted by Gasteiger charge is -2.08. The Morgan fingerprint density at radius 3 is 2.75 bits per heavy atom. The van der Waals surface area contributed by atoms with E-state index in [2.05, 4.69) is 32.0 Å². The van der Waals surface area contributed by atoms with Crippen LogP contribution in [0.15, 0.2) is 36.7 Å². The number of nitrogens with zero attached hydrogens (tertiary/aromatic N) is 1. The third kappa shape index (κ3) is 2.22. The van der Waals surface area contributed by atoms with Crippen LogP contribution in [0.25, 0.3) is 0 Å². The standard InChI is InChI=1S/C14H15NO/c1-11-3-4-12(2)14(7-11)9-15-6-5-13(8-15)10-16/h3-8,10H,9H2,1-2H3. The Hall–Kier alpha value is -1.83. The van der Waals surface area contributed by atoms with Gasteiger partial charge >= 0.3 is 0 Å². The predicted molar refractivity (Wildman–Crippen MR) is 64.8 cm³/mol. The van der Waals surface area contributed by atoms with Gasteiger partial charge in [0.15, 0.2) is 6.29 Å². The molecule has 0 amide bonds. The zero-order chi connectivity index (χ0) is 11.5. The zero-order valence-corrected chi connectivity index (χ0v) is 9.60. The molecule has 0 saturated carbocycles. The molecule has 0 radical (unpaired) electrons. The van der Waals surface area contributed by atoms with Crippen molar-refractivity contribution >= 4 is 6.29 Å². The highest BCUT2D eigenvalue weighted by molar-refractivity contribution is 5.74. The van der Waals surface area contributed by atoms with Gasteiger partial charge < -0.3 is 4.57 Å². The Kier molecular flexibility index (Phi) is 2.91. The van der Waals surface area contributed by atoms with Gasteiger partial charge in [0.2, 0.25) is 0 Å². The molecule has 1 aromatic carbocycles. The van der Waals surface area contributed by atoms with E-state index in [1.807, 2.05) is 23.0 Å². The van der Waals surface area contributed by atoms with E-state index in [0.717, 1.165) is 18.4 Å². The van der Waals surface area contributed by atoms with Crippen molar-refractivity contribution in [3.05, 3.63) is 58.9 Å². The summed E-state index contributed by atoms with van der Waals surface area (Å²) >= 11 is 0. The lowest BCUT2D eigenvalue weighted by atomic mass is 10.1. The number of aryl methyl sites for hydroxylation is 2. The van der Waals surface area contributed by atoms with Crippen molar-refractivity contribution in [1.82, 2.24) is 4.57 Å². The van der Waals surface area contributed by atoms with Crippen LogP contribution in [0.1, 0.15) is 27.0 Å². The Morgan fingerprint density at radius 2 is 2.06 bits per heavy atom. The minimum absolute atomic E-state index is 0.727. The Bertz CT molecular complexity index is 511. The largest absolute Gasteiger partial charge is 0.349 e. The molecule has 0 N–H and O–H groups in total. The van der Waals surface area contributed by atoms with Gasteiger partial charge in [-0.3, -0.25) is 4.79 Å². The first kappa shape index (κ1) is 10.7. The minimum atomic E-state index is 0.727. The Labute approximate surface area is 95.5 Å². The maximum absolute atomic E-state index is 10.6. The number of carbonyl (C=O) groups excluding carboxylic acids is 1. The average Bonchev–Trinajstić information content (AvgIpc) is 2.71. The molecule has 0 atom stereocenters. The third-order valence-corrected chi connectivity index (χ3v) is 2.77. The van der Waals surface area contributed by atoms with Gasteiger partial charge in [-0.2, -0.15) is 0 Å². The second kappa shape index (κ2) is 4.35. The third-order valence-electron chi connectivity index (χ3n) is 2.77. The molecule has 16 heavy (non-hydrogen) atoms. The van der Waals surface area contributed by atoms with Crippen LogP contribution in [0, 0.1) is 13.8 Å². The topological polar surface area (TPSA) is 22.0 Å². The van der Waals surface area contributed by atoms with Crippen molar-refractivity contribution in [3.8, 4) is 0 Å². The van der Waals surface area contributed by atoms with E-state index < -0.39 is 0 Å². The van der Waals surface area contributed by atoms with E-state index in [1.54, 1.807) is 0 Å². The number of hydrogen-bond acceptors (Lipinski definition) is 1. The van der Waals surface area contributed by atoms with Crippen LogP contribution in [0.5, 0.6) is 0 Å². The molecule has 0 aliphatic carbocycles. The first-order chi connectivity index (χ1) is 7.69. The zero-order valence-electron chi connectivity index (χ0n) is 9.60. The van der Waals surface area contributed by atoms with Crippen LogP contribution in [0.2, 0.25) is 0 Å². The second-order valence-electron chi connectivity index (χ2n) is 4.16. The van der Waals surface area contributed by atoms with Crippen LogP contribution >= 0.6 is 0 Å². The molecule has 0 bridgehead atoms. The highest BCUT2D eigenvalue weighted by atomic mass is 16.1. The van der Waals surface area contributed by atoms with Crippen LogP contribution in [0.3, 0.4) is 0 Å². The SMILES string of the molecule is Cc1ccc(C)c(Cn2ccc(C=O)c2)c1. The molecule has 0 aliphatic rings. The number of hydrogen-bond donors (Lipinski definition) is 0. The summed E-state index contributed by atoms with van der Waals surface area (Å²) in [5, 5.41) is 0. The van der Waals surface area contributed by atoms with Gasteiger partial charge in [-0.05, 0) is 31.0 Å². The van der Waals surface area contributed by atoms with E-state index >= 15 is 0 Å². The molecular formula is C14H15NO. The van der Waals surface area contributed by atoms with Crippen molar-refractivity contribution in [3.63, 3.8) is 0 Å². The van der Waals surface area contributed by atoms with Crippen molar-refractivity contribution in [2.75, 3.05) is 0 Å². The quantitative estimate of drug-likeness (QED) is 0.718. The molecule has 2 aromatic rings. The summed E-state index contributed by atoms with van der Waals surface area (Å²) in [5.41, 5.74) is 4.58. The summed E-state index contributed by atoms with van der Waals surface area (Å²) in [6.07, 6.45) is 4.68. The lowest BCUT2D eigenvalue weighted by molar-refractivity contribution is 0.112. The molecular weight excluding hydrogens is 198 g/mol. The fourth-order valence-corrected chi connectivity index (χ4v) is 1.79. The molecule has 0 fully saturated rings. The van der Waals surface area contributed by atoms with E-state index in [9.17, 15) is 4.79 Å². The molecule has 0 unspecified atom stereocenters. The summed E-state index contributed by atoms with van der Waals surface area (Å²) < 4.78 is 2.03. The molecule has 0 aliphatic heterocycles. The Morgan fingerprint density at radius 1 is 1.25 bits per heavy atom. The van der Waals surface area contributed by atoms with E-state index in [0.29, 0.717) is 0 Å². The van der Waals surface area contributed by atoms with Gasteiger partial charge in [-0.25, -0.2) is 0 Å². The average molecular weight is 213 g/mol. The highest BCUT2D eigenvalue weighted by Gasteiger charge is 2.01. The first-order valence-corrected chi connectivity index (χ1v) is 5.36. The minimum Gasteiger partial charge on any atom is -0.349 e. The number of aromatic nitrogens is 1. The van der Waals surface area contributed by atoms with Crippen LogP contribution in [-0.2, 0) is 6.54 Å². The molecule has 2 rings (SSSR count). The number of aldehydes is 1. The molecule has 2 nitrogen and oxygen atoms in total. The molecule has 2 heteroatoms. The Balaban J connectivity index is 2.26. The number of carbonyl (C=O) groups is 1. The van der Waals surface area contributed by atoms with Gasteiger partial charge in [0.25, 0.3) is 0 Å². The maximum Gasteiger partial charge on any atom is 0.151 e. The second-order valence-corrected chi connectivity index (χ2v) is 4.16. The number of benzene rings is 1. The predicted octanol–water partition coefficient (Wildman–Crippen LogP) is 2.97. The molecule has 1 heterocycles. The van der Waals surface area contributed by atoms with Gasteiger partial charge in [0.05, 0.1) is 0 Å². The smallest absolute Gasteiger partial charge is 0.151 e. The summed E-state index contributed by atoms with van der Waals surface area (Å²) in [6, 6.07) is 8.27. The fraction of sp³-hybridized carbons (Fsp3) is 0.214. The van der Waals surface area contributed by atoms with Crippen LogP contribution < -0.4 is 0 Å². The van der Waals surface area contributed by atoms with E-state index in [-0.39, 0.29) is 0 Å². The summed E-state index contributed by atoms with van der Waals surface area (Å²) in [6.45, 7) is 5.02. The molecule has 82 valence electrons. The van der Waals surface area contributed by atoms with Crippen molar-refractivity contribution < 1.29 is 4.79 Å². The molecule has 1 aromatic heterocycles. The van der Waals surface area contributed by atoms with Gasteiger partial charge in [0, 0.05) is 24.5 Å². The normalized spacial score (nSPS) is 10.4. The molecule has 0 spiro atoms. The van der Waals surface area contributed by atoms with Crippen LogP contribution in [0.4, 0.5) is 0 Å². The summed E-state index contributed by atoms with van der Waals surface area (Å²) in [4.78, 5) is 10.6. The van der Waals surface area contributed by atoms with Gasteiger partial charge in [-0.1, -0.05) is 23.8 Å².